The van der Waals surface area contributed by atoms with E-state index in [9.17, 15) is 8.42 Å². The van der Waals surface area contributed by atoms with Crippen molar-refractivity contribution in [3.05, 3.63) is 24.3 Å². The number of hydrogen-bond acceptors (Lipinski definition) is 2. The van der Waals surface area contributed by atoms with E-state index in [1.807, 2.05) is 19.1 Å². The molecule has 0 heterocycles. The summed E-state index contributed by atoms with van der Waals surface area (Å²) in [7, 11) is -3.81. The SMILES string of the molecule is C=CCCC=C(C)CCS(=O)(=O)O. The lowest BCUT2D eigenvalue weighted by Crippen LogP contribution is -2.03. The maximum atomic E-state index is 10.4. The first-order valence-electron chi connectivity index (χ1n) is 4.17. The summed E-state index contributed by atoms with van der Waals surface area (Å²) in [5.41, 5.74) is 0.986. The van der Waals surface area contributed by atoms with Crippen molar-refractivity contribution < 1.29 is 13.0 Å². The average Bonchev–Trinajstić information content (AvgIpc) is 2.00. The Balaban J connectivity index is 3.80. The van der Waals surface area contributed by atoms with Crippen LogP contribution in [0.3, 0.4) is 0 Å². The molecule has 0 aromatic carbocycles. The van der Waals surface area contributed by atoms with Crippen molar-refractivity contribution in [3.8, 4) is 0 Å². The lowest BCUT2D eigenvalue weighted by atomic mass is 10.2. The van der Waals surface area contributed by atoms with Gasteiger partial charge in [-0.2, -0.15) is 8.42 Å². The average molecular weight is 204 g/mol. The highest BCUT2D eigenvalue weighted by molar-refractivity contribution is 7.85. The molecule has 0 saturated carbocycles. The summed E-state index contributed by atoms with van der Waals surface area (Å²) in [6.07, 6.45) is 5.94. The summed E-state index contributed by atoms with van der Waals surface area (Å²) in [4.78, 5) is 0. The van der Waals surface area contributed by atoms with E-state index in [1.54, 1.807) is 0 Å². The van der Waals surface area contributed by atoms with Crippen molar-refractivity contribution >= 4 is 10.1 Å². The molecule has 0 bridgehead atoms. The molecule has 1 N–H and O–H groups in total. The minimum absolute atomic E-state index is 0.191. The second-order valence-electron chi connectivity index (χ2n) is 2.95. The van der Waals surface area contributed by atoms with Crippen LogP contribution in [0.15, 0.2) is 24.3 Å². The minimum atomic E-state index is -3.81. The van der Waals surface area contributed by atoms with Crippen LogP contribution in [0.5, 0.6) is 0 Å². The summed E-state index contributed by atoms with van der Waals surface area (Å²) >= 11 is 0. The summed E-state index contributed by atoms with van der Waals surface area (Å²) < 4.78 is 29.2. The van der Waals surface area contributed by atoms with Crippen LogP contribution in [0.2, 0.25) is 0 Å². The molecule has 4 heteroatoms. The van der Waals surface area contributed by atoms with Crippen LogP contribution < -0.4 is 0 Å². The van der Waals surface area contributed by atoms with Crippen LogP contribution in [0.1, 0.15) is 26.2 Å². The Morgan fingerprint density at radius 3 is 2.54 bits per heavy atom. The highest BCUT2D eigenvalue weighted by Crippen LogP contribution is 2.05. The third-order valence-electron chi connectivity index (χ3n) is 1.62. The predicted octanol–water partition coefficient (Wildman–Crippen LogP) is 2.18. The molecule has 0 radical (unpaired) electrons. The number of rotatable bonds is 6. The van der Waals surface area contributed by atoms with Gasteiger partial charge in [0.05, 0.1) is 5.75 Å². The van der Waals surface area contributed by atoms with Gasteiger partial charge in [0, 0.05) is 0 Å². The van der Waals surface area contributed by atoms with Gasteiger partial charge in [0.1, 0.15) is 0 Å². The van der Waals surface area contributed by atoms with Gasteiger partial charge in [-0.05, 0) is 26.2 Å². The molecule has 0 aliphatic heterocycles. The maximum Gasteiger partial charge on any atom is 0.265 e. The molecule has 0 aromatic rings. The standard InChI is InChI=1S/C9H16O3S/c1-3-4-5-6-9(2)7-8-13(10,11)12/h3,6H,1,4-5,7-8H2,2H3,(H,10,11,12). The van der Waals surface area contributed by atoms with Crippen molar-refractivity contribution in [1.29, 1.82) is 0 Å². The van der Waals surface area contributed by atoms with Crippen molar-refractivity contribution in [2.24, 2.45) is 0 Å². The number of hydrogen-bond donors (Lipinski definition) is 1. The predicted molar refractivity (Wildman–Crippen MR) is 54.2 cm³/mol. The quantitative estimate of drug-likeness (QED) is 0.410. The normalized spacial score (nSPS) is 12.9. The molecule has 76 valence electrons. The summed E-state index contributed by atoms with van der Waals surface area (Å²) in [5.74, 6) is -0.191. The van der Waals surface area contributed by atoms with E-state index in [0.717, 1.165) is 18.4 Å². The van der Waals surface area contributed by atoms with Gasteiger partial charge < -0.3 is 0 Å². The highest BCUT2D eigenvalue weighted by atomic mass is 32.2. The van der Waals surface area contributed by atoms with Crippen LogP contribution in [0, 0.1) is 0 Å². The van der Waals surface area contributed by atoms with Crippen LogP contribution >= 0.6 is 0 Å². The molecule has 0 spiro atoms. The monoisotopic (exact) mass is 204 g/mol. The molecule has 0 saturated heterocycles. The van der Waals surface area contributed by atoms with Gasteiger partial charge in [-0.25, -0.2) is 0 Å². The van der Waals surface area contributed by atoms with Crippen LogP contribution in [0.25, 0.3) is 0 Å². The fraction of sp³-hybridized carbons (Fsp3) is 0.556. The zero-order valence-corrected chi connectivity index (χ0v) is 8.68. The van der Waals surface area contributed by atoms with E-state index in [-0.39, 0.29) is 5.75 Å². The molecule has 13 heavy (non-hydrogen) atoms. The van der Waals surface area contributed by atoms with Crippen LogP contribution in [-0.4, -0.2) is 18.7 Å². The highest BCUT2D eigenvalue weighted by Gasteiger charge is 2.03. The van der Waals surface area contributed by atoms with Gasteiger partial charge in [0.2, 0.25) is 0 Å². The van der Waals surface area contributed by atoms with E-state index < -0.39 is 10.1 Å². The second kappa shape index (κ2) is 5.94. The van der Waals surface area contributed by atoms with Gasteiger partial charge in [0.25, 0.3) is 10.1 Å². The Hall–Kier alpha value is -0.610. The van der Waals surface area contributed by atoms with Crippen molar-refractivity contribution in [3.63, 3.8) is 0 Å². The summed E-state index contributed by atoms with van der Waals surface area (Å²) in [6, 6.07) is 0. The molecule has 0 unspecified atom stereocenters. The summed E-state index contributed by atoms with van der Waals surface area (Å²) in [5, 5.41) is 0. The molecular weight excluding hydrogens is 188 g/mol. The molecule has 0 rings (SSSR count). The van der Waals surface area contributed by atoms with E-state index in [0.29, 0.717) is 6.42 Å². The molecule has 3 nitrogen and oxygen atoms in total. The van der Waals surface area contributed by atoms with Crippen molar-refractivity contribution in [1.82, 2.24) is 0 Å². The lowest BCUT2D eigenvalue weighted by Gasteiger charge is -1.98. The van der Waals surface area contributed by atoms with Crippen LogP contribution in [0.4, 0.5) is 0 Å². The van der Waals surface area contributed by atoms with E-state index in [1.165, 1.54) is 0 Å². The molecule has 0 fully saturated rings. The fourth-order valence-corrected chi connectivity index (χ4v) is 1.42. The molecular formula is C9H16O3S. The summed E-state index contributed by atoms with van der Waals surface area (Å²) in [6.45, 7) is 5.43. The fourth-order valence-electron chi connectivity index (χ4n) is 0.840. The zero-order chi connectivity index (χ0) is 10.3. The van der Waals surface area contributed by atoms with Gasteiger partial charge in [0.15, 0.2) is 0 Å². The lowest BCUT2D eigenvalue weighted by molar-refractivity contribution is 0.482. The van der Waals surface area contributed by atoms with E-state index in [2.05, 4.69) is 6.58 Å². The van der Waals surface area contributed by atoms with E-state index >= 15 is 0 Å². The topological polar surface area (TPSA) is 54.4 Å². The Morgan fingerprint density at radius 2 is 2.08 bits per heavy atom. The third-order valence-corrected chi connectivity index (χ3v) is 2.34. The molecule has 0 atom stereocenters. The first kappa shape index (κ1) is 12.4. The van der Waals surface area contributed by atoms with Gasteiger partial charge in [-0.1, -0.05) is 17.7 Å². The molecule has 0 amide bonds. The number of unbranched alkanes of at least 4 members (excludes halogenated alkanes) is 1. The van der Waals surface area contributed by atoms with Crippen molar-refractivity contribution in [2.75, 3.05) is 5.75 Å². The van der Waals surface area contributed by atoms with Gasteiger partial charge in [-0.15, -0.1) is 6.58 Å². The Labute approximate surface area is 79.9 Å². The van der Waals surface area contributed by atoms with Crippen molar-refractivity contribution in [2.45, 2.75) is 26.2 Å². The molecule has 0 aliphatic carbocycles. The number of allylic oxidation sites excluding steroid dienone is 3. The Bertz CT molecular complexity index is 275. The zero-order valence-electron chi connectivity index (χ0n) is 7.86. The first-order chi connectivity index (χ1) is 5.95. The Morgan fingerprint density at radius 1 is 1.46 bits per heavy atom. The molecule has 0 aliphatic rings. The third kappa shape index (κ3) is 9.30. The Kier molecular flexibility index (Phi) is 5.66. The minimum Gasteiger partial charge on any atom is -0.286 e. The largest absolute Gasteiger partial charge is 0.286 e. The van der Waals surface area contributed by atoms with Gasteiger partial charge >= 0.3 is 0 Å². The molecule has 0 aromatic heterocycles. The maximum absolute atomic E-state index is 10.4. The second-order valence-corrected chi connectivity index (χ2v) is 4.52. The van der Waals surface area contributed by atoms with Crippen LogP contribution in [-0.2, 0) is 10.1 Å². The van der Waals surface area contributed by atoms with E-state index in [4.69, 9.17) is 4.55 Å². The smallest absolute Gasteiger partial charge is 0.265 e. The van der Waals surface area contributed by atoms with Gasteiger partial charge in [-0.3, -0.25) is 4.55 Å². The first-order valence-corrected chi connectivity index (χ1v) is 5.78.